The van der Waals surface area contributed by atoms with Crippen molar-refractivity contribution >= 4 is 23.0 Å². The molecular weight excluding hydrogens is 326 g/mol. The van der Waals surface area contributed by atoms with Gasteiger partial charge in [0.2, 0.25) is 0 Å². The summed E-state index contributed by atoms with van der Waals surface area (Å²) in [6, 6.07) is 14.2. The van der Waals surface area contributed by atoms with Crippen molar-refractivity contribution in [2.75, 3.05) is 28.6 Å². The SMILES string of the molecule is Cc1nc(NCc2ccco2)cc(Nc2ccc(N3CCCC3)cc2)n1. The van der Waals surface area contributed by atoms with Crippen molar-refractivity contribution in [1.29, 1.82) is 0 Å². The molecule has 4 rings (SSSR count). The predicted octanol–water partition coefficient (Wildman–Crippen LogP) is 4.33. The molecule has 134 valence electrons. The average molecular weight is 349 g/mol. The van der Waals surface area contributed by atoms with Crippen molar-refractivity contribution in [3.63, 3.8) is 0 Å². The number of furan rings is 1. The Balaban J connectivity index is 1.43. The van der Waals surface area contributed by atoms with Crippen LogP contribution in [0, 0.1) is 6.92 Å². The summed E-state index contributed by atoms with van der Waals surface area (Å²) >= 11 is 0. The average Bonchev–Trinajstić information content (AvgIpc) is 3.34. The van der Waals surface area contributed by atoms with Gasteiger partial charge in [0.25, 0.3) is 0 Å². The molecule has 0 aliphatic carbocycles. The molecule has 3 aromatic rings. The highest BCUT2D eigenvalue weighted by molar-refractivity contribution is 5.62. The molecule has 2 aromatic heterocycles. The summed E-state index contributed by atoms with van der Waals surface area (Å²) in [5.74, 6) is 3.12. The molecule has 1 saturated heterocycles. The molecule has 0 atom stereocenters. The van der Waals surface area contributed by atoms with Crippen molar-refractivity contribution < 1.29 is 4.42 Å². The molecular formula is C20H23N5O. The molecule has 1 aromatic carbocycles. The Labute approximate surface area is 153 Å². The van der Waals surface area contributed by atoms with Crippen LogP contribution >= 0.6 is 0 Å². The highest BCUT2D eigenvalue weighted by Crippen LogP contribution is 2.24. The van der Waals surface area contributed by atoms with E-state index in [9.17, 15) is 0 Å². The Kier molecular flexibility index (Phi) is 4.73. The zero-order valence-corrected chi connectivity index (χ0v) is 14.9. The standard InChI is InChI=1S/C20H23N5O/c1-15-22-19(21-14-18-5-4-12-26-18)13-20(23-15)24-16-6-8-17(9-7-16)25-10-2-3-11-25/h4-9,12-13H,2-3,10-11,14H2,1H3,(H2,21,22,23,24). The van der Waals surface area contributed by atoms with Crippen LogP contribution in [0.3, 0.4) is 0 Å². The minimum atomic E-state index is 0.591. The molecule has 0 unspecified atom stereocenters. The lowest BCUT2D eigenvalue weighted by molar-refractivity contribution is 0.518. The van der Waals surface area contributed by atoms with Gasteiger partial charge in [0, 0.05) is 30.5 Å². The van der Waals surface area contributed by atoms with E-state index in [0.717, 1.165) is 36.2 Å². The lowest BCUT2D eigenvalue weighted by Crippen LogP contribution is -2.17. The largest absolute Gasteiger partial charge is 0.467 e. The van der Waals surface area contributed by atoms with Gasteiger partial charge in [-0.15, -0.1) is 0 Å². The van der Waals surface area contributed by atoms with Gasteiger partial charge >= 0.3 is 0 Å². The fourth-order valence-electron chi connectivity index (χ4n) is 3.19. The summed E-state index contributed by atoms with van der Waals surface area (Å²) in [5, 5.41) is 6.63. The summed E-state index contributed by atoms with van der Waals surface area (Å²) < 4.78 is 5.34. The molecule has 26 heavy (non-hydrogen) atoms. The lowest BCUT2D eigenvalue weighted by atomic mass is 10.2. The van der Waals surface area contributed by atoms with E-state index >= 15 is 0 Å². The highest BCUT2D eigenvalue weighted by Gasteiger charge is 2.12. The van der Waals surface area contributed by atoms with Crippen LogP contribution in [0.15, 0.2) is 53.1 Å². The van der Waals surface area contributed by atoms with Crippen molar-refractivity contribution in [3.8, 4) is 0 Å². The molecule has 1 fully saturated rings. The topological polar surface area (TPSA) is 66.2 Å². The first-order valence-electron chi connectivity index (χ1n) is 9.00. The fraction of sp³-hybridized carbons (Fsp3) is 0.300. The van der Waals surface area contributed by atoms with Gasteiger partial charge in [-0.25, -0.2) is 9.97 Å². The van der Waals surface area contributed by atoms with E-state index in [1.54, 1.807) is 6.26 Å². The maximum atomic E-state index is 5.34. The number of anilines is 4. The normalized spacial score (nSPS) is 13.8. The summed E-state index contributed by atoms with van der Waals surface area (Å²) in [6.45, 7) is 4.79. The minimum absolute atomic E-state index is 0.591. The van der Waals surface area contributed by atoms with Crippen LogP contribution in [0.5, 0.6) is 0 Å². The molecule has 1 aliphatic rings. The van der Waals surface area contributed by atoms with Gasteiger partial charge in [0.15, 0.2) is 0 Å². The van der Waals surface area contributed by atoms with Crippen LogP contribution in [-0.2, 0) is 6.54 Å². The van der Waals surface area contributed by atoms with Crippen LogP contribution in [0.4, 0.5) is 23.0 Å². The number of aromatic nitrogens is 2. The van der Waals surface area contributed by atoms with Gasteiger partial charge in [-0.2, -0.15) is 0 Å². The molecule has 6 nitrogen and oxygen atoms in total. The summed E-state index contributed by atoms with van der Waals surface area (Å²) in [5.41, 5.74) is 2.30. The van der Waals surface area contributed by atoms with Crippen molar-refractivity contribution in [3.05, 3.63) is 60.3 Å². The van der Waals surface area contributed by atoms with E-state index in [1.807, 2.05) is 25.1 Å². The minimum Gasteiger partial charge on any atom is -0.467 e. The van der Waals surface area contributed by atoms with Crippen molar-refractivity contribution in [2.45, 2.75) is 26.3 Å². The van der Waals surface area contributed by atoms with Crippen molar-refractivity contribution in [1.82, 2.24) is 9.97 Å². The number of nitrogens with zero attached hydrogens (tertiary/aromatic N) is 3. The van der Waals surface area contributed by atoms with Gasteiger partial charge < -0.3 is 20.0 Å². The Morgan fingerprint density at radius 1 is 1.04 bits per heavy atom. The maximum absolute atomic E-state index is 5.34. The van der Waals surface area contributed by atoms with Crippen LogP contribution in [0.25, 0.3) is 0 Å². The molecule has 3 heterocycles. The van der Waals surface area contributed by atoms with Gasteiger partial charge in [-0.05, 0) is 56.2 Å². The number of rotatable bonds is 6. The van der Waals surface area contributed by atoms with Crippen LogP contribution in [0.2, 0.25) is 0 Å². The Morgan fingerprint density at radius 3 is 2.54 bits per heavy atom. The summed E-state index contributed by atoms with van der Waals surface area (Å²) in [7, 11) is 0. The van der Waals surface area contributed by atoms with E-state index in [-0.39, 0.29) is 0 Å². The van der Waals surface area contributed by atoms with E-state index in [4.69, 9.17) is 4.42 Å². The van der Waals surface area contributed by atoms with Crippen LogP contribution in [0.1, 0.15) is 24.4 Å². The second kappa shape index (κ2) is 7.47. The first kappa shape index (κ1) is 16.4. The van der Waals surface area contributed by atoms with E-state index in [2.05, 4.69) is 49.8 Å². The van der Waals surface area contributed by atoms with Crippen molar-refractivity contribution in [2.24, 2.45) is 0 Å². The monoisotopic (exact) mass is 349 g/mol. The molecule has 0 spiro atoms. The third-order valence-electron chi connectivity index (χ3n) is 4.47. The zero-order valence-electron chi connectivity index (χ0n) is 14.9. The smallest absolute Gasteiger partial charge is 0.136 e. The van der Waals surface area contributed by atoms with Gasteiger partial charge in [0.05, 0.1) is 12.8 Å². The highest BCUT2D eigenvalue weighted by atomic mass is 16.3. The molecule has 1 aliphatic heterocycles. The van der Waals surface area contributed by atoms with E-state index in [0.29, 0.717) is 12.4 Å². The molecule has 0 saturated carbocycles. The fourth-order valence-corrected chi connectivity index (χ4v) is 3.19. The van der Waals surface area contributed by atoms with Gasteiger partial charge in [-0.1, -0.05) is 0 Å². The van der Waals surface area contributed by atoms with E-state index < -0.39 is 0 Å². The summed E-state index contributed by atoms with van der Waals surface area (Å²) in [6.07, 6.45) is 4.24. The first-order chi connectivity index (χ1) is 12.8. The van der Waals surface area contributed by atoms with E-state index in [1.165, 1.54) is 18.5 Å². The van der Waals surface area contributed by atoms with Gasteiger partial charge in [-0.3, -0.25) is 0 Å². The molecule has 2 N–H and O–H groups in total. The Hall–Kier alpha value is -3.02. The molecule has 6 heteroatoms. The summed E-state index contributed by atoms with van der Waals surface area (Å²) in [4.78, 5) is 11.3. The Bertz CT molecular complexity index is 839. The predicted molar refractivity (Wildman–Crippen MR) is 104 cm³/mol. The lowest BCUT2D eigenvalue weighted by Gasteiger charge is -2.18. The maximum Gasteiger partial charge on any atom is 0.136 e. The number of benzene rings is 1. The third kappa shape index (κ3) is 3.96. The number of nitrogens with one attached hydrogen (secondary N) is 2. The van der Waals surface area contributed by atoms with Crippen LogP contribution in [-0.4, -0.2) is 23.1 Å². The first-order valence-corrected chi connectivity index (χ1v) is 9.00. The van der Waals surface area contributed by atoms with Crippen LogP contribution < -0.4 is 15.5 Å². The molecule has 0 bridgehead atoms. The Morgan fingerprint density at radius 2 is 1.81 bits per heavy atom. The second-order valence-corrected chi connectivity index (χ2v) is 6.48. The second-order valence-electron chi connectivity index (χ2n) is 6.48. The van der Waals surface area contributed by atoms with Gasteiger partial charge in [0.1, 0.15) is 23.2 Å². The zero-order chi connectivity index (χ0) is 17.8. The molecule has 0 radical (unpaired) electrons. The number of hydrogen-bond donors (Lipinski definition) is 2. The number of hydrogen-bond acceptors (Lipinski definition) is 6. The third-order valence-corrected chi connectivity index (χ3v) is 4.47. The quantitative estimate of drug-likeness (QED) is 0.690. The molecule has 0 amide bonds. The number of aryl methyl sites for hydroxylation is 1.